The Bertz CT molecular complexity index is 435. The van der Waals surface area contributed by atoms with E-state index in [4.69, 9.17) is 5.73 Å². The fraction of sp³-hybridized carbons (Fsp3) is 0.538. The lowest BCUT2D eigenvalue weighted by Crippen LogP contribution is -2.23. The molecule has 0 aliphatic rings. The topological polar surface area (TPSA) is 80.5 Å². The first-order valence-electron chi connectivity index (χ1n) is 6.19. The lowest BCUT2D eigenvalue weighted by atomic mass is 10.2. The van der Waals surface area contributed by atoms with Crippen molar-refractivity contribution in [2.24, 2.45) is 0 Å². The number of nitrogen functional groups attached to an aromatic ring is 1. The molecule has 6 heteroatoms. The second-order valence-corrected chi connectivity index (χ2v) is 4.79. The molecule has 0 spiro atoms. The fourth-order valence-corrected chi connectivity index (χ4v) is 1.61. The van der Waals surface area contributed by atoms with Crippen molar-refractivity contribution in [1.82, 2.24) is 9.88 Å². The van der Waals surface area contributed by atoms with Gasteiger partial charge in [-0.25, -0.2) is 9.78 Å². The molecule has 0 bridgehead atoms. The number of pyridine rings is 1. The highest BCUT2D eigenvalue weighted by Gasteiger charge is 2.12. The molecule has 1 aromatic rings. The second kappa shape index (κ2) is 6.94. The predicted molar refractivity (Wildman–Crippen MR) is 76.2 cm³/mol. The average Bonchev–Trinajstić information content (AvgIpc) is 2.37. The lowest BCUT2D eigenvalue weighted by molar-refractivity contribution is 0.0602. The minimum absolute atomic E-state index is 0.254. The zero-order chi connectivity index (χ0) is 14.4. The van der Waals surface area contributed by atoms with Crippen LogP contribution in [-0.2, 0) is 4.74 Å². The molecule has 0 aliphatic carbocycles. The molecular formula is C13H22N4O2. The molecule has 3 N–H and O–H groups in total. The Morgan fingerprint density at radius 3 is 2.84 bits per heavy atom. The number of rotatable bonds is 6. The van der Waals surface area contributed by atoms with E-state index < -0.39 is 5.97 Å². The molecule has 0 aromatic carbocycles. The van der Waals surface area contributed by atoms with Gasteiger partial charge in [-0.1, -0.05) is 0 Å². The third kappa shape index (κ3) is 4.75. The second-order valence-electron chi connectivity index (χ2n) is 4.79. The van der Waals surface area contributed by atoms with Crippen LogP contribution in [0, 0.1) is 0 Å². The van der Waals surface area contributed by atoms with Gasteiger partial charge in [0.15, 0.2) is 0 Å². The fourth-order valence-electron chi connectivity index (χ4n) is 1.61. The van der Waals surface area contributed by atoms with Gasteiger partial charge in [-0.15, -0.1) is 0 Å². The van der Waals surface area contributed by atoms with Crippen molar-refractivity contribution in [3.63, 3.8) is 0 Å². The van der Waals surface area contributed by atoms with Gasteiger partial charge in [0.1, 0.15) is 5.82 Å². The van der Waals surface area contributed by atoms with Crippen molar-refractivity contribution >= 4 is 17.5 Å². The number of methoxy groups -OCH3 is 1. The zero-order valence-electron chi connectivity index (χ0n) is 11.9. The molecule has 19 heavy (non-hydrogen) atoms. The van der Waals surface area contributed by atoms with Gasteiger partial charge < -0.3 is 20.7 Å². The standard InChI is InChI=1S/C13H22N4O2/c1-9(5-6-17(2)3)16-12-7-10(13(18)19-4)11(14)8-15-12/h7-9H,5-6,14H2,1-4H3,(H,15,16). The largest absolute Gasteiger partial charge is 0.465 e. The molecule has 0 fully saturated rings. The monoisotopic (exact) mass is 266 g/mol. The first kappa shape index (κ1) is 15.2. The summed E-state index contributed by atoms with van der Waals surface area (Å²) in [7, 11) is 5.39. The van der Waals surface area contributed by atoms with E-state index in [2.05, 4.69) is 26.9 Å². The number of aromatic nitrogens is 1. The van der Waals surface area contributed by atoms with Crippen LogP contribution < -0.4 is 11.1 Å². The summed E-state index contributed by atoms with van der Waals surface area (Å²) in [6, 6.07) is 1.87. The van der Waals surface area contributed by atoms with Crippen molar-refractivity contribution in [3.05, 3.63) is 17.8 Å². The molecular weight excluding hydrogens is 244 g/mol. The molecule has 1 rings (SSSR count). The maximum Gasteiger partial charge on any atom is 0.340 e. The van der Waals surface area contributed by atoms with Crippen molar-refractivity contribution in [2.45, 2.75) is 19.4 Å². The summed E-state index contributed by atoms with van der Waals surface area (Å²) in [6.45, 7) is 3.05. The Morgan fingerprint density at radius 1 is 1.58 bits per heavy atom. The Labute approximate surface area is 113 Å². The summed E-state index contributed by atoms with van der Waals surface area (Å²) >= 11 is 0. The summed E-state index contributed by atoms with van der Waals surface area (Å²) < 4.78 is 4.67. The van der Waals surface area contributed by atoms with Crippen molar-refractivity contribution in [1.29, 1.82) is 0 Å². The third-order valence-electron chi connectivity index (χ3n) is 2.74. The maximum absolute atomic E-state index is 11.5. The minimum Gasteiger partial charge on any atom is -0.465 e. The van der Waals surface area contributed by atoms with E-state index in [9.17, 15) is 4.79 Å². The SMILES string of the molecule is COC(=O)c1cc(NC(C)CCN(C)C)ncc1N. The van der Waals surface area contributed by atoms with E-state index in [0.29, 0.717) is 17.1 Å². The van der Waals surface area contributed by atoms with Gasteiger partial charge in [0.25, 0.3) is 0 Å². The maximum atomic E-state index is 11.5. The van der Waals surface area contributed by atoms with Gasteiger partial charge in [-0.05, 0) is 40.1 Å². The predicted octanol–water partition coefficient (Wildman–Crippen LogP) is 1.20. The van der Waals surface area contributed by atoms with E-state index >= 15 is 0 Å². The van der Waals surface area contributed by atoms with Gasteiger partial charge in [0.2, 0.25) is 0 Å². The Balaban J connectivity index is 2.71. The molecule has 6 nitrogen and oxygen atoms in total. The van der Waals surface area contributed by atoms with Crippen LogP contribution in [0.1, 0.15) is 23.7 Å². The van der Waals surface area contributed by atoms with E-state index in [-0.39, 0.29) is 6.04 Å². The smallest absolute Gasteiger partial charge is 0.340 e. The van der Waals surface area contributed by atoms with E-state index in [0.717, 1.165) is 13.0 Å². The molecule has 1 unspecified atom stereocenters. The van der Waals surface area contributed by atoms with Gasteiger partial charge in [0, 0.05) is 6.04 Å². The van der Waals surface area contributed by atoms with Crippen LogP contribution in [0.2, 0.25) is 0 Å². The van der Waals surface area contributed by atoms with Gasteiger partial charge in [-0.2, -0.15) is 0 Å². The number of anilines is 2. The van der Waals surface area contributed by atoms with E-state index in [1.54, 1.807) is 6.07 Å². The molecule has 1 aromatic heterocycles. The number of hydrogen-bond donors (Lipinski definition) is 2. The number of hydrogen-bond acceptors (Lipinski definition) is 6. The lowest BCUT2D eigenvalue weighted by Gasteiger charge is -2.17. The van der Waals surface area contributed by atoms with Gasteiger partial charge in [0.05, 0.1) is 24.6 Å². The molecule has 0 amide bonds. The van der Waals surface area contributed by atoms with Crippen LogP contribution >= 0.6 is 0 Å². The summed E-state index contributed by atoms with van der Waals surface area (Å²) in [6.07, 6.45) is 2.44. The van der Waals surface area contributed by atoms with Crippen molar-refractivity contribution < 1.29 is 9.53 Å². The Kier molecular flexibility index (Phi) is 5.57. The zero-order valence-corrected chi connectivity index (χ0v) is 11.9. The number of nitrogens with one attached hydrogen (secondary N) is 1. The minimum atomic E-state index is -0.455. The first-order chi connectivity index (χ1) is 8.93. The highest BCUT2D eigenvalue weighted by Crippen LogP contribution is 2.16. The molecule has 106 valence electrons. The van der Waals surface area contributed by atoms with Crippen LogP contribution in [0.15, 0.2) is 12.3 Å². The normalized spacial score (nSPS) is 12.3. The number of ether oxygens (including phenoxy) is 1. The summed E-state index contributed by atoms with van der Waals surface area (Å²) in [5, 5.41) is 3.24. The van der Waals surface area contributed by atoms with E-state index in [1.165, 1.54) is 13.3 Å². The summed E-state index contributed by atoms with van der Waals surface area (Å²) in [4.78, 5) is 17.8. The van der Waals surface area contributed by atoms with Crippen molar-refractivity contribution in [2.75, 3.05) is 38.8 Å². The van der Waals surface area contributed by atoms with Gasteiger partial charge in [-0.3, -0.25) is 0 Å². The van der Waals surface area contributed by atoms with Crippen LogP contribution in [-0.4, -0.2) is 49.6 Å². The first-order valence-corrected chi connectivity index (χ1v) is 6.19. The molecule has 1 atom stereocenters. The summed E-state index contributed by atoms with van der Waals surface area (Å²) in [5.74, 6) is 0.171. The average molecular weight is 266 g/mol. The highest BCUT2D eigenvalue weighted by molar-refractivity contribution is 5.95. The third-order valence-corrected chi connectivity index (χ3v) is 2.74. The quantitative estimate of drug-likeness (QED) is 0.753. The number of carbonyl (C=O) groups is 1. The molecule has 0 aliphatic heterocycles. The highest BCUT2D eigenvalue weighted by atomic mass is 16.5. The van der Waals surface area contributed by atoms with Crippen LogP contribution in [0.3, 0.4) is 0 Å². The Morgan fingerprint density at radius 2 is 2.26 bits per heavy atom. The molecule has 1 heterocycles. The number of nitrogens with zero attached hydrogens (tertiary/aromatic N) is 2. The van der Waals surface area contributed by atoms with Crippen LogP contribution in [0.25, 0.3) is 0 Å². The summed E-state index contributed by atoms with van der Waals surface area (Å²) in [5.41, 5.74) is 6.35. The molecule has 0 saturated carbocycles. The van der Waals surface area contributed by atoms with Crippen LogP contribution in [0.4, 0.5) is 11.5 Å². The van der Waals surface area contributed by atoms with Crippen molar-refractivity contribution in [3.8, 4) is 0 Å². The van der Waals surface area contributed by atoms with Gasteiger partial charge >= 0.3 is 5.97 Å². The Hall–Kier alpha value is -1.82. The number of nitrogens with two attached hydrogens (primary N) is 1. The number of esters is 1. The number of carbonyl (C=O) groups excluding carboxylic acids is 1. The molecule has 0 radical (unpaired) electrons. The van der Waals surface area contributed by atoms with Crippen LogP contribution in [0.5, 0.6) is 0 Å². The van der Waals surface area contributed by atoms with E-state index in [1.807, 2.05) is 14.1 Å². The molecule has 0 saturated heterocycles.